The van der Waals surface area contributed by atoms with Gasteiger partial charge in [-0.15, -0.1) is 0 Å². The Bertz CT molecular complexity index is 303. The van der Waals surface area contributed by atoms with Crippen LogP contribution < -0.4 is 5.73 Å². The molecule has 6 nitrogen and oxygen atoms in total. The first kappa shape index (κ1) is 12.9. The minimum Gasteiger partial charge on any atom is -0.399 e. The van der Waals surface area contributed by atoms with Crippen molar-refractivity contribution in [3.8, 4) is 0 Å². The van der Waals surface area contributed by atoms with E-state index in [1.807, 2.05) is 0 Å². The first-order valence-corrected chi connectivity index (χ1v) is 4.83. The van der Waals surface area contributed by atoms with Crippen LogP contribution in [-0.2, 0) is 4.74 Å². The number of hydrogen-bond donors (Lipinski definition) is 4. The second-order valence-corrected chi connectivity index (χ2v) is 3.46. The molecule has 16 heavy (non-hydrogen) atoms. The van der Waals surface area contributed by atoms with Crippen molar-refractivity contribution >= 4 is 6.21 Å². The molecule has 4 atom stereocenters. The summed E-state index contributed by atoms with van der Waals surface area (Å²) in [4.78, 5) is 3.87. The van der Waals surface area contributed by atoms with Crippen molar-refractivity contribution in [2.75, 3.05) is 6.61 Å². The highest BCUT2D eigenvalue weighted by molar-refractivity contribution is 5.71. The molecule has 1 aliphatic rings. The Kier molecular flexibility index (Phi) is 4.63. The fraction of sp³-hybridized carbons (Fsp3) is 0.500. The SMILES string of the molecule is C=C(N)/C=C\C=N\C1OC(CO)C(O)C1O. The molecule has 0 aliphatic carbocycles. The molecule has 0 radical (unpaired) electrons. The highest BCUT2D eigenvalue weighted by atomic mass is 16.6. The summed E-state index contributed by atoms with van der Waals surface area (Å²) >= 11 is 0. The summed E-state index contributed by atoms with van der Waals surface area (Å²) < 4.78 is 5.11. The summed E-state index contributed by atoms with van der Waals surface area (Å²) in [7, 11) is 0. The summed E-state index contributed by atoms with van der Waals surface area (Å²) in [5.41, 5.74) is 5.67. The van der Waals surface area contributed by atoms with Gasteiger partial charge in [0.1, 0.15) is 18.3 Å². The van der Waals surface area contributed by atoms with Crippen molar-refractivity contribution in [2.45, 2.75) is 24.5 Å². The Balaban J connectivity index is 2.53. The summed E-state index contributed by atoms with van der Waals surface area (Å²) in [6, 6.07) is 0. The van der Waals surface area contributed by atoms with Crippen LogP contribution in [0.25, 0.3) is 0 Å². The van der Waals surface area contributed by atoms with Gasteiger partial charge in [0.25, 0.3) is 0 Å². The highest BCUT2D eigenvalue weighted by Gasteiger charge is 2.41. The third-order valence-corrected chi connectivity index (χ3v) is 2.15. The number of ether oxygens (including phenoxy) is 1. The molecule has 0 bridgehead atoms. The molecule has 0 amide bonds. The number of allylic oxidation sites excluding steroid dienone is 2. The minimum absolute atomic E-state index is 0.361. The van der Waals surface area contributed by atoms with Gasteiger partial charge in [-0.05, 0) is 12.2 Å². The monoisotopic (exact) mass is 228 g/mol. The lowest BCUT2D eigenvalue weighted by Gasteiger charge is -2.09. The largest absolute Gasteiger partial charge is 0.399 e. The molecule has 0 aromatic rings. The number of hydrogen-bond acceptors (Lipinski definition) is 6. The first-order chi connectivity index (χ1) is 7.56. The number of rotatable bonds is 4. The van der Waals surface area contributed by atoms with Crippen molar-refractivity contribution in [1.82, 2.24) is 0 Å². The predicted molar refractivity (Wildman–Crippen MR) is 58.7 cm³/mol. The van der Waals surface area contributed by atoms with Crippen LogP contribution in [0.5, 0.6) is 0 Å². The van der Waals surface area contributed by atoms with Crippen LogP contribution >= 0.6 is 0 Å². The van der Waals surface area contributed by atoms with Crippen LogP contribution in [0.15, 0.2) is 29.4 Å². The van der Waals surface area contributed by atoms with E-state index in [9.17, 15) is 10.2 Å². The van der Waals surface area contributed by atoms with Crippen molar-refractivity contribution in [3.05, 3.63) is 24.4 Å². The average molecular weight is 228 g/mol. The summed E-state index contributed by atoms with van der Waals surface area (Å²) in [5.74, 6) is 0. The van der Waals surface area contributed by atoms with E-state index in [4.69, 9.17) is 15.6 Å². The van der Waals surface area contributed by atoms with Gasteiger partial charge < -0.3 is 25.8 Å². The van der Waals surface area contributed by atoms with E-state index in [2.05, 4.69) is 11.6 Å². The van der Waals surface area contributed by atoms with E-state index >= 15 is 0 Å². The third kappa shape index (κ3) is 3.14. The predicted octanol–water partition coefficient (Wildman–Crippen LogP) is -1.48. The average Bonchev–Trinajstić information content (AvgIpc) is 2.51. The number of aliphatic imine (C=N–C) groups is 1. The van der Waals surface area contributed by atoms with E-state index in [0.717, 1.165) is 0 Å². The Morgan fingerprint density at radius 1 is 1.44 bits per heavy atom. The Morgan fingerprint density at radius 2 is 2.12 bits per heavy atom. The van der Waals surface area contributed by atoms with E-state index < -0.39 is 24.5 Å². The fourth-order valence-corrected chi connectivity index (χ4v) is 1.30. The van der Waals surface area contributed by atoms with Crippen molar-refractivity contribution in [1.29, 1.82) is 0 Å². The van der Waals surface area contributed by atoms with Gasteiger partial charge in [0.05, 0.1) is 6.61 Å². The van der Waals surface area contributed by atoms with Crippen molar-refractivity contribution in [3.63, 3.8) is 0 Å². The maximum atomic E-state index is 9.50. The van der Waals surface area contributed by atoms with Gasteiger partial charge in [0, 0.05) is 11.9 Å². The van der Waals surface area contributed by atoms with Crippen LogP contribution in [0.4, 0.5) is 0 Å². The molecule has 0 aromatic heterocycles. The molecule has 1 saturated heterocycles. The summed E-state index contributed by atoms with van der Waals surface area (Å²) in [6.45, 7) is 3.09. The molecule has 4 unspecified atom stereocenters. The second kappa shape index (κ2) is 5.76. The Hall–Kier alpha value is -1.21. The first-order valence-electron chi connectivity index (χ1n) is 4.83. The molecule has 6 heteroatoms. The quantitative estimate of drug-likeness (QED) is 0.347. The van der Waals surface area contributed by atoms with Crippen LogP contribution in [-0.4, -0.2) is 52.7 Å². The highest BCUT2D eigenvalue weighted by Crippen LogP contribution is 2.21. The molecular weight excluding hydrogens is 212 g/mol. The van der Waals surface area contributed by atoms with Gasteiger partial charge in [0.15, 0.2) is 6.23 Å². The van der Waals surface area contributed by atoms with Crippen LogP contribution in [0, 0.1) is 0 Å². The van der Waals surface area contributed by atoms with Crippen LogP contribution in [0.2, 0.25) is 0 Å². The minimum atomic E-state index is -1.14. The maximum Gasteiger partial charge on any atom is 0.177 e. The van der Waals surface area contributed by atoms with Crippen LogP contribution in [0.1, 0.15) is 0 Å². The van der Waals surface area contributed by atoms with Gasteiger partial charge in [-0.3, -0.25) is 4.99 Å². The molecule has 1 rings (SSSR count). The molecular formula is C10H16N2O4. The Labute approximate surface area is 93.4 Å². The molecule has 1 aliphatic heterocycles. The van der Waals surface area contributed by atoms with Crippen LogP contribution in [0.3, 0.4) is 0 Å². The topological polar surface area (TPSA) is 108 Å². The number of aliphatic hydroxyl groups excluding tert-OH is 3. The smallest absolute Gasteiger partial charge is 0.177 e. The van der Waals surface area contributed by atoms with E-state index in [-0.39, 0.29) is 6.61 Å². The van der Waals surface area contributed by atoms with Crippen molar-refractivity contribution in [2.24, 2.45) is 10.7 Å². The second-order valence-electron chi connectivity index (χ2n) is 3.46. The number of nitrogens with two attached hydrogens (primary N) is 1. The zero-order valence-electron chi connectivity index (χ0n) is 8.73. The van der Waals surface area contributed by atoms with Crippen molar-refractivity contribution < 1.29 is 20.1 Å². The van der Waals surface area contributed by atoms with Gasteiger partial charge >= 0.3 is 0 Å². The van der Waals surface area contributed by atoms with E-state index in [0.29, 0.717) is 5.70 Å². The fourth-order valence-electron chi connectivity index (χ4n) is 1.30. The normalized spacial score (nSPS) is 35.2. The molecule has 90 valence electrons. The molecule has 5 N–H and O–H groups in total. The number of nitrogens with zero attached hydrogens (tertiary/aromatic N) is 1. The maximum absolute atomic E-state index is 9.50. The third-order valence-electron chi connectivity index (χ3n) is 2.15. The van der Waals surface area contributed by atoms with Gasteiger partial charge in [0.2, 0.25) is 0 Å². The van der Waals surface area contributed by atoms with Gasteiger partial charge in [-0.1, -0.05) is 6.58 Å². The van der Waals surface area contributed by atoms with Gasteiger partial charge in [-0.2, -0.15) is 0 Å². The van der Waals surface area contributed by atoms with Gasteiger partial charge in [-0.25, -0.2) is 0 Å². The Morgan fingerprint density at radius 3 is 2.62 bits per heavy atom. The lowest BCUT2D eigenvalue weighted by Crippen LogP contribution is -2.33. The lowest BCUT2D eigenvalue weighted by atomic mass is 10.1. The zero-order chi connectivity index (χ0) is 12.1. The molecule has 0 aromatic carbocycles. The van der Waals surface area contributed by atoms with E-state index in [1.54, 1.807) is 0 Å². The molecule has 0 spiro atoms. The number of aliphatic hydroxyl groups is 3. The standard InChI is InChI=1S/C10H16N2O4/c1-6(11)3-2-4-12-10-9(15)8(14)7(5-13)16-10/h2-4,7-10,13-15H,1,5,11H2/b3-2-,12-4+. The molecule has 0 saturated carbocycles. The lowest BCUT2D eigenvalue weighted by molar-refractivity contribution is -0.0192. The molecule has 1 fully saturated rings. The summed E-state index contributed by atoms with van der Waals surface area (Å²) in [5, 5.41) is 27.7. The summed E-state index contributed by atoms with van der Waals surface area (Å²) in [6.07, 6.45) is 0.525. The zero-order valence-corrected chi connectivity index (χ0v) is 8.73. The van der Waals surface area contributed by atoms with E-state index in [1.165, 1.54) is 18.4 Å². The molecule has 1 heterocycles.